The summed E-state index contributed by atoms with van der Waals surface area (Å²) in [6.45, 7) is 0.733. The number of nitrogens with zero attached hydrogens (tertiary/aromatic N) is 1. The number of methoxy groups -OCH3 is 1. The second kappa shape index (κ2) is 8.29. The van der Waals surface area contributed by atoms with Gasteiger partial charge in [-0.05, 0) is 49.1 Å². The molecule has 1 aromatic carbocycles. The molecular weight excluding hydrogens is 300 g/mol. The summed E-state index contributed by atoms with van der Waals surface area (Å²) in [6, 6.07) is 6.46. The van der Waals surface area contributed by atoms with Crippen molar-refractivity contribution in [2.24, 2.45) is 5.73 Å². The maximum absolute atomic E-state index is 10.8. The predicted octanol–water partition coefficient (Wildman–Crippen LogP) is 1.89. The summed E-state index contributed by atoms with van der Waals surface area (Å²) in [6.07, 6.45) is 2.50. The van der Waals surface area contributed by atoms with Gasteiger partial charge in [-0.25, -0.2) is 0 Å². The Labute approximate surface area is 136 Å². The molecule has 122 valence electrons. The third-order valence-electron chi connectivity index (χ3n) is 3.84. The van der Waals surface area contributed by atoms with E-state index in [1.54, 1.807) is 7.11 Å². The van der Waals surface area contributed by atoms with Gasteiger partial charge in [-0.2, -0.15) is 11.8 Å². The summed E-state index contributed by atoms with van der Waals surface area (Å²) in [4.78, 5) is 13.2. The van der Waals surface area contributed by atoms with Crippen molar-refractivity contribution in [2.75, 3.05) is 32.3 Å². The summed E-state index contributed by atoms with van der Waals surface area (Å²) < 4.78 is 10.7. The van der Waals surface area contributed by atoms with Crippen LogP contribution in [0.3, 0.4) is 0 Å². The molecule has 0 unspecified atom stereocenters. The number of nitrogens with two attached hydrogens (primary N) is 1. The fourth-order valence-corrected chi connectivity index (χ4v) is 3.70. The highest BCUT2D eigenvalue weighted by atomic mass is 32.2. The Bertz CT molecular complexity index is 504. The average Bonchev–Trinajstić information content (AvgIpc) is 2.54. The van der Waals surface area contributed by atoms with Crippen molar-refractivity contribution in [1.82, 2.24) is 4.90 Å². The van der Waals surface area contributed by atoms with E-state index in [-0.39, 0.29) is 6.61 Å². The summed E-state index contributed by atoms with van der Waals surface area (Å²) in [7, 11) is 3.77. The molecule has 1 aliphatic heterocycles. The number of carbonyl (C=O) groups is 1. The minimum Gasteiger partial charge on any atom is -0.493 e. The van der Waals surface area contributed by atoms with Crippen LogP contribution in [-0.2, 0) is 11.3 Å². The second-order valence-electron chi connectivity index (χ2n) is 5.50. The number of hydrogen-bond donors (Lipinski definition) is 1. The Balaban J connectivity index is 2.00. The maximum atomic E-state index is 10.8. The van der Waals surface area contributed by atoms with Crippen molar-refractivity contribution >= 4 is 17.7 Å². The summed E-state index contributed by atoms with van der Waals surface area (Å²) in [5.74, 6) is 3.17. The third-order valence-corrected chi connectivity index (χ3v) is 4.89. The van der Waals surface area contributed by atoms with Crippen LogP contribution < -0.4 is 15.2 Å². The molecule has 2 N–H and O–H groups in total. The zero-order chi connectivity index (χ0) is 15.9. The zero-order valence-corrected chi connectivity index (χ0v) is 14.0. The number of thioether (sulfide) groups is 1. The lowest BCUT2D eigenvalue weighted by Gasteiger charge is -2.31. The van der Waals surface area contributed by atoms with Crippen molar-refractivity contribution in [3.05, 3.63) is 23.8 Å². The van der Waals surface area contributed by atoms with Gasteiger partial charge in [-0.15, -0.1) is 0 Å². The number of rotatable bonds is 7. The van der Waals surface area contributed by atoms with Gasteiger partial charge in [0.05, 0.1) is 7.11 Å². The first-order chi connectivity index (χ1) is 10.6. The SMILES string of the molecule is COc1cc(CN(C)C2CCSCC2)ccc1OCC(N)=O. The average molecular weight is 324 g/mol. The van der Waals surface area contributed by atoms with E-state index in [9.17, 15) is 4.79 Å². The van der Waals surface area contributed by atoms with Crippen LogP contribution in [0.15, 0.2) is 18.2 Å². The van der Waals surface area contributed by atoms with Gasteiger partial charge in [0.15, 0.2) is 18.1 Å². The first-order valence-electron chi connectivity index (χ1n) is 7.46. The van der Waals surface area contributed by atoms with Crippen LogP contribution in [0.1, 0.15) is 18.4 Å². The van der Waals surface area contributed by atoms with E-state index >= 15 is 0 Å². The van der Waals surface area contributed by atoms with Crippen LogP contribution in [0.2, 0.25) is 0 Å². The number of ether oxygens (including phenoxy) is 2. The highest BCUT2D eigenvalue weighted by Gasteiger charge is 2.18. The fraction of sp³-hybridized carbons (Fsp3) is 0.562. The Morgan fingerprint density at radius 1 is 1.36 bits per heavy atom. The molecule has 0 radical (unpaired) electrons. The summed E-state index contributed by atoms with van der Waals surface area (Å²) in [5, 5.41) is 0. The van der Waals surface area contributed by atoms with E-state index in [1.807, 2.05) is 30.0 Å². The van der Waals surface area contributed by atoms with Crippen molar-refractivity contribution in [2.45, 2.75) is 25.4 Å². The van der Waals surface area contributed by atoms with Gasteiger partial charge in [0.25, 0.3) is 5.91 Å². The number of carbonyl (C=O) groups excluding carboxylic acids is 1. The molecule has 6 heteroatoms. The monoisotopic (exact) mass is 324 g/mol. The van der Waals surface area contributed by atoms with E-state index in [0.29, 0.717) is 17.5 Å². The normalized spacial score (nSPS) is 15.8. The highest BCUT2D eigenvalue weighted by molar-refractivity contribution is 7.99. The van der Waals surface area contributed by atoms with Crippen LogP contribution in [0, 0.1) is 0 Å². The lowest BCUT2D eigenvalue weighted by Crippen LogP contribution is -2.34. The minimum absolute atomic E-state index is 0.144. The van der Waals surface area contributed by atoms with Gasteiger partial charge in [0.2, 0.25) is 0 Å². The summed E-state index contributed by atoms with van der Waals surface area (Å²) in [5.41, 5.74) is 6.27. The standard InChI is InChI=1S/C16H24N2O3S/c1-18(13-5-7-22-8-6-13)10-12-3-4-14(15(9-12)20-2)21-11-16(17)19/h3-4,9,13H,5-8,10-11H2,1-2H3,(H2,17,19). The smallest absolute Gasteiger partial charge is 0.255 e. The Kier molecular flexibility index (Phi) is 6.39. The van der Waals surface area contributed by atoms with Gasteiger partial charge in [-0.1, -0.05) is 6.07 Å². The van der Waals surface area contributed by atoms with Crippen LogP contribution in [0.25, 0.3) is 0 Å². The third kappa shape index (κ3) is 4.81. The molecule has 1 amide bonds. The van der Waals surface area contributed by atoms with Crippen LogP contribution >= 0.6 is 11.8 Å². The maximum Gasteiger partial charge on any atom is 0.255 e. The number of amides is 1. The first kappa shape index (κ1) is 17.0. The molecule has 22 heavy (non-hydrogen) atoms. The predicted molar refractivity (Wildman–Crippen MR) is 89.5 cm³/mol. The number of primary amides is 1. The van der Waals surface area contributed by atoms with E-state index in [0.717, 1.165) is 6.54 Å². The number of benzene rings is 1. The lowest BCUT2D eigenvalue weighted by atomic mass is 10.1. The Hall–Kier alpha value is -1.40. The van der Waals surface area contributed by atoms with E-state index in [2.05, 4.69) is 11.9 Å². The molecule has 1 heterocycles. The van der Waals surface area contributed by atoms with Gasteiger partial charge < -0.3 is 15.2 Å². The molecule has 2 rings (SSSR count). The molecule has 0 bridgehead atoms. The van der Waals surface area contributed by atoms with Crippen molar-refractivity contribution < 1.29 is 14.3 Å². The molecular formula is C16H24N2O3S. The lowest BCUT2D eigenvalue weighted by molar-refractivity contribution is -0.119. The fourth-order valence-electron chi connectivity index (χ4n) is 2.62. The second-order valence-corrected chi connectivity index (χ2v) is 6.72. The van der Waals surface area contributed by atoms with Crippen LogP contribution in [0.5, 0.6) is 11.5 Å². The molecule has 1 saturated heterocycles. The molecule has 1 aromatic rings. The molecule has 1 aliphatic rings. The zero-order valence-electron chi connectivity index (χ0n) is 13.2. The molecule has 0 atom stereocenters. The quantitative estimate of drug-likeness (QED) is 0.830. The topological polar surface area (TPSA) is 64.8 Å². The van der Waals surface area contributed by atoms with Crippen molar-refractivity contribution in [1.29, 1.82) is 0 Å². The Morgan fingerprint density at radius 2 is 2.09 bits per heavy atom. The molecule has 0 spiro atoms. The van der Waals surface area contributed by atoms with Crippen LogP contribution in [-0.4, -0.2) is 49.1 Å². The van der Waals surface area contributed by atoms with Crippen molar-refractivity contribution in [3.63, 3.8) is 0 Å². The first-order valence-corrected chi connectivity index (χ1v) is 8.61. The molecule has 5 nitrogen and oxygen atoms in total. The Morgan fingerprint density at radius 3 is 2.73 bits per heavy atom. The van der Waals surface area contributed by atoms with Crippen molar-refractivity contribution in [3.8, 4) is 11.5 Å². The van der Waals surface area contributed by atoms with Gasteiger partial charge in [-0.3, -0.25) is 9.69 Å². The molecule has 1 fully saturated rings. The molecule has 0 aliphatic carbocycles. The van der Waals surface area contributed by atoms with Crippen LogP contribution in [0.4, 0.5) is 0 Å². The number of hydrogen-bond acceptors (Lipinski definition) is 5. The van der Waals surface area contributed by atoms with Gasteiger partial charge >= 0.3 is 0 Å². The van der Waals surface area contributed by atoms with E-state index in [1.165, 1.54) is 29.9 Å². The van der Waals surface area contributed by atoms with E-state index < -0.39 is 5.91 Å². The highest BCUT2D eigenvalue weighted by Crippen LogP contribution is 2.29. The van der Waals surface area contributed by atoms with E-state index in [4.69, 9.17) is 15.2 Å². The van der Waals surface area contributed by atoms with Gasteiger partial charge in [0.1, 0.15) is 0 Å². The van der Waals surface area contributed by atoms with Gasteiger partial charge in [0, 0.05) is 12.6 Å². The molecule has 0 saturated carbocycles. The molecule has 0 aromatic heterocycles. The minimum atomic E-state index is -0.499. The largest absolute Gasteiger partial charge is 0.493 e. The summed E-state index contributed by atoms with van der Waals surface area (Å²) >= 11 is 2.04.